The fourth-order valence-corrected chi connectivity index (χ4v) is 4.17. The number of hydrogen-bond acceptors (Lipinski definition) is 4. The molecule has 6 nitrogen and oxygen atoms in total. The normalized spacial score (nSPS) is 23.5. The number of carbonyl (C=O) groups excluding carboxylic acids is 2. The van der Waals surface area contributed by atoms with Crippen molar-refractivity contribution in [2.45, 2.75) is 31.3 Å². The predicted molar refractivity (Wildman–Crippen MR) is 103 cm³/mol. The van der Waals surface area contributed by atoms with Crippen molar-refractivity contribution in [1.29, 1.82) is 0 Å². The number of Topliss-reactive ketones (excluding diaryl/α,β-unsaturated/α-hetero) is 1. The third-order valence-corrected chi connectivity index (χ3v) is 5.78. The molecular weight excluding hydrogens is 340 g/mol. The number of aromatic nitrogens is 1. The molecular formula is C21H26N4O2. The van der Waals surface area contributed by atoms with E-state index in [2.05, 4.69) is 21.5 Å². The van der Waals surface area contributed by atoms with Crippen LogP contribution in [0.3, 0.4) is 0 Å². The van der Waals surface area contributed by atoms with Gasteiger partial charge in [-0.05, 0) is 31.4 Å². The lowest BCUT2D eigenvalue weighted by molar-refractivity contribution is -0.134. The number of nitrogens with zero attached hydrogens (tertiary/aromatic N) is 2. The Morgan fingerprint density at radius 1 is 1.00 bits per heavy atom. The molecule has 4 rings (SSSR count). The summed E-state index contributed by atoms with van der Waals surface area (Å²) in [7, 11) is 2.01. The number of nitrogens with one attached hydrogen (secondary N) is 2. The number of benzene rings is 1. The first-order chi connectivity index (χ1) is 13.1. The first-order valence-corrected chi connectivity index (χ1v) is 9.64. The van der Waals surface area contributed by atoms with Crippen molar-refractivity contribution in [2.24, 2.45) is 13.0 Å². The van der Waals surface area contributed by atoms with Gasteiger partial charge in [-0.1, -0.05) is 30.3 Å². The van der Waals surface area contributed by atoms with Crippen molar-refractivity contribution in [3.63, 3.8) is 0 Å². The highest BCUT2D eigenvalue weighted by Crippen LogP contribution is 2.26. The molecule has 6 heteroatoms. The van der Waals surface area contributed by atoms with Crippen LogP contribution in [0.2, 0.25) is 0 Å². The summed E-state index contributed by atoms with van der Waals surface area (Å²) in [6.45, 7) is 1.30. The summed E-state index contributed by atoms with van der Waals surface area (Å²) in [6, 6.07) is 13.5. The number of aryl methyl sites for hydroxylation is 1. The summed E-state index contributed by atoms with van der Waals surface area (Å²) < 4.78 is 2.08. The monoisotopic (exact) mass is 366 g/mol. The standard InChI is InChI=1S/C21H26N4O2/c1-24-11-5-8-19(24)17-14-18(23-22-17)21(27)25-12-9-16(10-13-25)20(26)15-6-3-2-4-7-15/h2-8,11,16-18,22-23H,9-10,12-14H2,1H3. The maximum absolute atomic E-state index is 12.9. The Kier molecular flexibility index (Phi) is 5.09. The van der Waals surface area contributed by atoms with Crippen LogP contribution in [0.4, 0.5) is 0 Å². The van der Waals surface area contributed by atoms with Gasteiger partial charge in [-0.25, -0.2) is 10.9 Å². The van der Waals surface area contributed by atoms with Crippen LogP contribution in [-0.4, -0.2) is 40.3 Å². The number of rotatable bonds is 4. The maximum Gasteiger partial charge on any atom is 0.241 e. The van der Waals surface area contributed by atoms with Gasteiger partial charge in [-0.2, -0.15) is 0 Å². The van der Waals surface area contributed by atoms with Crippen LogP contribution in [0, 0.1) is 5.92 Å². The highest BCUT2D eigenvalue weighted by Gasteiger charge is 2.36. The van der Waals surface area contributed by atoms with Gasteiger partial charge in [-0.3, -0.25) is 9.59 Å². The molecule has 0 saturated carbocycles. The number of piperidine rings is 1. The molecule has 2 aromatic rings. The second-order valence-corrected chi connectivity index (χ2v) is 7.50. The zero-order valence-corrected chi connectivity index (χ0v) is 15.6. The van der Waals surface area contributed by atoms with Crippen LogP contribution in [0.15, 0.2) is 48.7 Å². The highest BCUT2D eigenvalue weighted by atomic mass is 16.2. The average Bonchev–Trinajstić information content (AvgIpc) is 3.36. The third kappa shape index (κ3) is 3.68. The second kappa shape index (κ2) is 7.66. The van der Waals surface area contributed by atoms with Gasteiger partial charge >= 0.3 is 0 Å². The van der Waals surface area contributed by atoms with Gasteiger partial charge in [0.15, 0.2) is 5.78 Å². The Hall–Kier alpha value is -2.44. The Morgan fingerprint density at radius 3 is 2.41 bits per heavy atom. The lowest BCUT2D eigenvalue weighted by atomic mass is 9.88. The topological polar surface area (TPSA) is 66.4 Å². The number of hydrazine groups is 1. The molecule has 2 fully saturated rings. The molecule has 142 valence electrons. The van der Waals surface area contributed by atoms with Gasteiger partial charge in [0, 0.05) is 43.5 Å². The van der Waals surface area contributed by atoms with Crippen LogP contribution < -0.4 is 10.9 Å². The van der Waals surface area contributed by atoms with Gasteiger partial charge in [0.05, 0.1) is 6.04 Å². The molecule has 3 heterocycles. The lowest BCUT2D eigenvalue weighted by Crippen LogP contribution is -2.49. The summed E-state index contributed by atoms with van der Waals surface area (Å²) in [4.78, 5) is 27.4. The van der Waals surface area contributed by atoms with Crippen LogP contribution in [-0.2, 0) is 11.8 Å². The van der Waals surface area contributed by atoms with Crippen molar-refractivity contribution >= 4 is 11.7 Å². The van der Waals surface area contributed by atoms with E-state index in [1.54, 1.807) is 0 Å². The van der Waals surface area contributed by atoms with Crippen LogP contribution in [0.1, 0.15) is 41.4 Å². The van der Waals surface area contributed by atoms with E-state index in [0.717, 1.165) is 24.8 Å². The summed E-state index contributed by atoms with van der Waals surface area (Å²) in [5.41, 5.74) is 8.35. The predicted octanol–water partition coefficient (Wildman–Crippen LogP) is 2.05. The Balaban J connectivity index is 1.31. The molecule has 2 atom stereocenters. The minimum absolute atomic E-state index is 0.0160. The number of amides is 1. The number of likely N-dealkylation sites (tertiary alicyclic amines) is 1. The van der Waals surface area contributed by atoms with Crippen LogP contribution in [0.25, 0.3) is 0 Å². The van der Waals surface area contributed by atoms with Crippen molar-refractivity contribution in [3.8, 4) is 0 Å². The van der Waals surface area contributed by atoms with E-state index in [1.165, 1.54) is 5.69 Å². The maximum atomic E-state index is 12.9. The van der Waals surface area contributed by atoms with Gasteiger partial charge in [0.1, 0.15) is 6.04 Å². The van der Waals surface area contributed by atoms with E-state index in [9.17, 15) is 9.59 Å². The molecule has 2 unspecified atom stereocenters. The SMILES string of the molecule is Cn1cccc1C1CC(C(=O)N2CCC(C(=O)c3ccccc3)CC2)NN1. The molecule has 2 saturated heterocycles. The van der Waals surface area contributed by atoms with E-state index in [-0.39, 0.29) is 29.7 Å². The molecule has 1 amide bonds. The molecule has 0 bridgehead atoms. The van der Waals surface area contributed by atoms with Gasteiger partial charge in [0.25, 0.3) is 0 Å². The molecule has 2 aliphatic heterocycles. The molecule has 0 radical (unpaired) electrons. The van der Waals surface area contributed by atoms with Crippen LogP contribution >= 0.6 is 0 Å². The fourth-order valence-electron chi connectivity index (χ4n) is 4.17. The van der Waals surface area contributed by atoms with E-state index in [4.69, 9.17) is 0 Å². The molecule has 1 aromatic carbocycles. The molecule has 27 heavy (non-hydrogen) atoms. The van der Waals surface area contributed by atoms with E-state index in [0.29, 0.717) is 13.1 Å². The van der Waals surface area contributed by atoms with Gasteiger partial charge < -0.3 is 9.47 Å². The summed E-state index contributed by atoms with van der Waals surface area (Å²) >= 11 is 0. The molecule has 1 aromatic heterocycles. The van der Waals surface area contributed by atoms with E-state index >= 15 is 0 Å². The molecule has 0 aliphatic carbocycles. The summed E-state index contributed by atoms with van der Waals surface area (Å²) in [5.74, 6) is 0.346. The van der Waals surface area contributed by atoms with Crippen molar-refractivity contribution in [2.75, 3.05) is 13.1 Å². The first kappa shape index (κ1) is 17.9. The summed E-state index contributed by atoms with van der Waals surface area (Å²) in [6.07, 6.45) is 4.22. The highest BCUT2D eigenvalue weighted by molar-refractivity contribution is 5.98. The zero-order valence-electron chi connectivity index (χ0n) is 15.6. The fraction of sp³-hybridized carbons (Fsp3) is 0.429. The largest absolute Gasteiger partial charge is 0.353 e. The lowest BCUT2D eigenvalue weighted by Gasteiger charge is -2.32. The Morgan fingerprint density at radius 2 is 1.74 bits per heavy atom. The first-order valence-electron chi connectivity index (χ1n) is 9.64. The van der Waals surface area contributed by atoms with Crippen molar-refractivity contribution < 1.29 is 9.59 Å². The smallest absolute Gasteiger partial charge is 0.241 e. The number of carbonyl (C=O) groups is 2. The zero-order chi connectivity index (χ0) is 18.8. The average molecular weight is 366 g/mol. The van der Waals surface area contributed by atoms with E-state index in [1.807, 2.05) is 54.5 Å². The molecule has 2 N–H and O–H groups in total. The van der Waals surface area contributed by atoms with Crippen molar-refractivity contribution in [3.05, 3.63) is 59.9 Å². The Labute approximate surface area is 159 Å². The molecule has 2 aliphatic rings. The van der Waals surface area contributed by atoms with E-state index < -0.39 is 0 Å². The van der Waals surface area contributed by atoms with Crippen LogP contribution in [0.5, 0.6) is 0 Å². The van der Waals surface area contributed by atoms with Gasteiger partial charge in [0.2, 0.25) is 5.91 Å². The van der Waals surface area contributed by atoms with Gasteiger partial charge in [-0.15, -0.1) is 0 Å². The quantitative estimate of drug-likeness (QED) is 0.813. The Bertz CT molecular complexity index is 809. The number of ketones is 1. The minimum atomic E-state index is -0.216. The number of hydrogen-bond donors (Lipinski definition) is 2. The van der Waals surface area contributed by atoms with Crippen molar-refractivity contribution in [1.82, 2.24) is 20.3 Å². The molecule has 0 spiro atoms. The third-order valence-electron chi connectivity index (χ3n) is 5.78. The second-order valence-electron chi connectivity index (χ2n) is 7.50. The summed E-state index contributed by atoms with van der Waals surface area (Å²) in [5, 5.41) is 0. The minimum Gasteiger partial charge on any atom is -0.353 e.